The van der Waals surface area contributed by atoms with Crippen molar-refractivity contribution in [1.82, 2.24) is 4.90 Å². The Morgan fingerprint density at radius 2 is 1.93 bits per heavy atom. The Morgan fingerprint density at radius 3 is 2.36 bits per heavy atom. The van der Waals surface area contributed by atoms with E-state index < -0.39 is 0 Å². The monoisotopic (exact) mass is 198 g/mol. The Balaban J connectivity index is 2.54. The summed E-state index contributed by atoms with van der Waals surface area (Å²) < 4.78 is 0. The Labute approximate surface area is 86.6 Å². The van der Waals surface area contributed by atoms with Crippen LogP contribution in [0.5, 0.6) is 0 Å². The summed E-state index contributed by atoms with van der Waals surface area (Å²) in [5, 5.41) is 0. The zero-order valence-electron chi connectivity index (χ0n) is 9.55. The number of nitrogens with two attached hydrogens (primary N) is 1. The summed E-state index contributed by atoms with van der Waals surface area (Å²) in [5.74, 6) is 0.979. The van der Waals surface area contributed by atoms with Gasteiger partial charge in [0.25, 0.3) is 0 Å². The van der Waals surface area contributed by atoms with Crippen LogP contribution in [-0.4, -0.2) is 30.4 Å². The largest absolute Gasteiger partial charge is 0.342 e. The van der Waals surface area contributed by atoms with Crippen molar-refractivity contribution >= 4 is 5.91 Å². The highest BCUT2D eigenvalue weighted by atomic mass is 16.2. The molecule has 1 amide bonds. The summed E-state index contributed by atoms with van der Waals surface area (Å²) in [7, 11) is 0. The Hall–Kier alpha value is -0.570. The average Bonchev–Trinajstić information content (AvgIpc) is 2.18. The maximum absolute atomic E-state index is 12.0. The predicted octanol–water partition coefficient (Wildman–Crippen LogP) is 1.23. The van der Waals surface area contributed by atoms with Crippen LogP contribution in [0.15, 0.2) is 0 Å². The molecule has 82 valence electrons. The number of piperidine rings is 1. The average molecular weight is 198 g/mol. The van der Waals surface area contributed by atoms with Crippen molar-refractivity contribution in [3.8, 4) is 0 Å². The maximum Gasteiger partial charge on any atom is 0.229 e. The van der Waals surface area contributed by atoms with E-state index >= 15 is 0 Å². The first-order valence-corrected chi connectivity index (χ1v) is 5.47. The van der Waals surface area contributed by atoms with Crippen LogP contribution in [0.3, 0.4) is 0 Å². The third-order valence-corrected chi connectivity index (χ3v) is 3.16. The van der Waals surface area contributed by atoms with Gasteiger partial charge in [0.2, 0.25) is 5.91 Å². The molecule has 3 heteroatoms. The second-order valence-electron chi connectivity index (χ2n) is 5.06. The van der Waals surface area contributed by atoms with Gasteiger partial charge in [-0.1, -0.05) is 6.92 Å². The molecule has 0 unspecified atom stereocenters. The van der Waals surface area contributed by atoms with Crippen LogP contribution in [0.2, 0.25) is 0 Å². The first-order valence-electron chi connectivity index (χ1n) is 5.47. The van der Waals surface area contributed by atoms with Gasteiger partial charge in [-0.15, -0.1) is 0 Å². The van der Waals surface area contributed by atoms with Gasteiger partial charge in [-0.05, 0) is 32.6 Å². The molecular weight excluding hydrogens is 176 g/mol. The van der Waals surface area contributed by atoms with Crippen molar-refractivity contribution in [1.29, 1.82) is 0 Å². The lowest BCUT2D eigenvalue weighted by Gasteiger charge is -2.35. The zero-order chi connectivity index (χ0) is 10.8. The molecule has 2 N–H and O–H groups in total. The third kappa shape index (κ3) is 2.47. The molecule has 0 aromatic rings. The zero-order valence-corrected chi connectivity index (χ0v) is 9.55. The van der Waals surface area contributed by atoms with Gasteiger partial charge in [-0.2, -0.15) is 0 Å². The summed E-state index contributed by atoms with van der Waals surface area (Å²) in [6, 6.07) is 0. The maximum atomic E-state index is 12.0. The van der Waals surface area contributed by atoms with Crippen LogP contribution in [0.25, 0.3) is 0 Å². The number of likely N-dealkylation sites (tertiary alicyclic amines) is 1. The summed E-state index contributed by atoms with van der Waals surface area (Å²) in [4.78, 5) is 14.0. The van der Waals surface area contributed by atoms with Gasteiger partial charge >= 0.3 is 0 Å². The van der Waals surface area contributed by atoms with Crippen LogP contribution in [0.4, 0.5) is 0 Å². The molecule has 14 heavy (non-hydrogen) atoms. The van der Waals surface area contributed by atoms with Crippen LogP contribution in [0, 0.1) is 11.3 Å². The third-order valence-electron chi connectivity index (χ3n) is 3.16. The van der Waals surface area contributed by atoms with E-state index in [2.05, 4.69) is 6.92 Å². The van der Waals surface area contributed by atoms with Crippen LogP contribution in [-0.2, 0) is 4.79 Å². The minimum absolute atomic E-state index is 0.215. The molecule has 1 heterocycles. The van der Waals surface area contributed by atoms with Gasteiger partial charge in [0.05, 0.1) is 5.41 Å². The fraction of sp³-hybridized carbons (Fsp3) is 0.909. The molecule has 0 aromatic carbocycles. The van der Waals surface area contributed by atoms with E-state index in [0.29, 0.717) is 6.54 Å². The Bertz CT molecular complexity index is 205. The van der Waals surface area contributed by atoms with Crippen molar-refractivity contribution in [3.05, 3.63) is 0 Å². The number of rotatable bonds is 2. The van der Waals surface area contributed by atoms with Gasteiger partial charge in [0, 0.05) is 19.6 Å². The molecule has 0 radical (unpaired) electrons. The summed E-state index contributed by atoms with van der Waals surface area (Å²) in [6.07, 6.45) is 2.26. The lowest BCUT2D eigenvalue weighted by Crippen LogP contribution is -2.47. The normalized spacial score (nSPS) is 19.9. The lowest BCUT2D eigenvalue weighted by molar-refractivity contribution is -0.141. The fourth-order valence-electron chi connectivity index (χ4n) is 1.73. The molecule has 3 nitrogen and oxygen atoms in total. The first-order chi connectivity index (χ1) is 6.47. The summed E-state index contributed by atoms with van der Waals surface area (Å²) in [6.45, 7) is 8.33. The number of nitrogens with zero attached hydrogens (tertiary/aromatic N) is 1. The molecule has 0 aromatic heterocycles. The van der Waals surface area contributed by atoms with Crippen LogP contribution >= 0.6 is 0 Å². The molecule has 1 aliphatic heterocycles. The van der Waals surface area contributed by atoms with Gasteiger partial charge in [0.1, 0.15) is 0 Å². The molecule has 0 aliphatic carbocycles. The second kappa shape index (κ2) is 4.30. The minimum Gasteiger partial charge on any atom is -0.342 e. The van der Waals surface area contributed by atoms with Crippen molar-refractivity contribution in [3.63, 3.8) is 0 Å². The van der Waals surface area contributed by atoms with E-state index in [0.717, 1.165) is 31.8 Å². The number of hydrogen-bond acceptors (Lipinski definition) is 2. The second-order valence-corrected chi connectivity index (χ2v) is 5.06. The lowest BCUT2D eigenvalue weighted by atomic mass is 9.90. The molecule has 1 fully saturated rings. The van der Waals surface area contributed by atoms with E-state index in [1.165, 1.54) is 0 Å². The molecule has 0 saturated carbocycles. The standard InChI is InChI=1S/C11H22N2O/c1-9-4-6-13(7-5-9)10(14)11(2,3)8-12/h9H,4-8,12H2,1-3H3. The smallest absolute Gasteiger partial charge is 0.229 e. The molecule has 0 atom stereocenters. The van der Waals surface area contributed by atoms with E-state index in [4.69, 9.17) is 5.73 Å². The molecule has 1 aliphatic rings. The molecular formula is C11H22N2O. The Kier molecular flexibility index (Phi) is 3.53. The highest BCUT2D eigenvalue weighted by molar-refractivity contribution is 5.82. The van der Waals surface area contributed by atoms with Crippen LogP contribution in [0.1, 0.15) is 33.6 Å². The quantitative estimate of drug-likeness (QED) is 0.725. The van der Waals surface area contributed by atoms with Crippen molar-refractivity contribution in [2.45, 2.75) is 33.6 Å². The Morgan fingerprint density at radius 1 is 1.43 bits per heavy atom. The van der Waals surface area contributed by atoms with E-state index in [1.807, 2.05) is 18.7 Å². The molecule has 1 saturated heterocycles. The predicted molar refractivity (Wildman–Crippen MR) is 57.8 cm³/mol. The van der Waals surface area contributed by atoms with Crippen molar-refractivity contribution < 1.29 is 4.79 Å². The van der Waals surface area contributed by atoms with Crippen LogP contribution < -0.4 is 5.73 Å². The fourth-order valence-corrected chi connectivity index (χ4v) is 1.73. The number of carbonyl (C=O) groups is 1. The summed E-state index contributed by atoms with van der Waals surface area (Å²) in [5.41, 5.74) is 5.21. The summed E-state index contributed by atoms with van der Waals surface area (Å²) >= 11 is 0. The van der Waals surface area contributed by atoms with Gasteiger partial charge in [-0.25, -0.2) is 0 Å². The molecule has 0 spiro atoms. The number of amides is 1. The van der Waals surface area contributed by atoms with Crippen molar-refractivity contribution in [2.24, 2.45) is 17.1 Å². The topological polar surface area (TPSA) is 46.3 Å². The number of carbonyl (C=O) groups excluding carboxylic acids is 1. The highest BCUT2D eigenvalue weighted by Crippen LogP contribution is 2.22. The molecule has 1 rings (SSSR count). The van der Waals surface area contributed by atoms with E-state index in [1.54, 1.807) is 0 Å². The van der Waals surface area contributed by atoms with E-state index in [-0.39, 0.29) is 11.3 Å². The van der Waals surface area contributed by atoms with E-state index in [9.17, 15) is 4.79 Å². The SMILES string of the molecule is CC1CCN(C(=O)C(C)(C)CN)CC1. The van der Waals surface area contributed by atoms with Gasteiger partial charge in [-0.3, -0.25) is 4.79 Å². The highest BCUT2D eigenvalue weighted by Gasteiger charge is 2.31. The van der Waals surface area contributed by atoms with Crippen molar-refractivity contribution in [2.75, 3.05) is 19.6 Å². The molecule has 0 bridgehead atoms. The number of hydrogen-bond donors (Lipinski definition) is 1. The van der Waals surface area contributed by atoms with Gasteiger partial charge < -0.3 is 10.6 Å². The minimum atomic E-state index is -0.388. The van der Waals surface area contributed by atoms with Gasteiger partial charge in [0.15, 0.2) is 0 Å². The first kappa shape index (κ1) is 11.5.